The minimum atomic E-state index is -0.698. The van der Waals surface area contributed by atoms with E-state index in [0.29, 0.717) is 23.2 Å². The van der Waals surface area contributed by atoms with Gasteiger partial charge < -0.3 is 9.47 Å². The maximum atomic E-state index is 11.4. The van der Waals surface area contributed by atoms with Gasteiger partial charge in [0.15, 0.2) is 6.61 Å². The van der Waals surface area contributed by atoms with E-state index in [1.54, 1.807) is 13.0 Å². The molecule has 0 aromatic heterocycles. The van der Waals surface area contributed by atoms with Gasteiger partial charge in [-0.1, -0.05) is 6.58 Å². The molecule has 0 heterocycles. The molecule has 0 radical (unpaired) electrons. The molecule has 0 aliphatic heterocycles. The van der Waals surface area contributed by atoms with Crippen LogP contribution in [-0.2, 0) is 14.3 Å². The van der Waals surface area contributed by atoms with E-state index in [9.17, 15) is 14.4 Å². The lowest BCUT2D eigenvalue weighted by Crippen LogP contribution is -2.19. The van der Waals surface area contributed by atoms with Crippen molar-refractivity contribution in [2.45, 2.75) is 13.8 Å². The van der Waals surface area contributed by atoms with Crippen LogP contribution in [0.5, 0.6) is 5.75 Å². The lowest BCUT2D eigenvalue weighted by atomic mass is 10.1. The highest BCUT2D eigenvalue weighted by Gasteiger charge is 2.11. The van der Waals surface area contributed by atoms with E-state index in [2.05, 4.69) is 11.3 Å². The van der Waals surface area contributed by atoms with Crippen LogP contribution in [0.3, 0.4) is 0 Å². The highest BCUT2D eigenvalue weighted by molar-refractivity contribution is 5.88. The fraction of sp³-hybridized carbons (Fsp3) is 0.214. The maximum absolute atomic E-state index is 11.4. The third-order valence-corrected chi connectivity index (χ3v) is 2.23. The molecule has 0 saturated carbocycles. The van der Waals surface area contributed by atoms with Crippen molar-refractivity contribution in [3.63, 3.8) is 0 Å². The number of hydrogen-bond donors (Lipinski definition) is 0. The summed E-state index contributed by atoms with van der Waals surface area (Å²) in [5.41, 5.74) is 1.34. The summed E-state index contributed by atoms with van der Waals surface area (Å²) < 4.78 is 9.67. The third-order valence-electron chi connectivity index (χ3n) is 2.23. The fourth-order valence-corrected chi connectivity index (χ4v) is 1.26. The van der Waals surface area contributed by atoms with E-state index >= 15 is 0 Å². The number of benzene rings is 1. The van der Waals surface area contributed by atoms with Crippen molar-refractivity contribution in [1.29, 1.82) is 0 Å². The molecule has 1 aromatic carbocycles. The van der Waals surface area contributed by atoms with Crippen LogP contribution >= 0.6 is 0 Å². The number of carbonyl (C=O) groups excluding carboxylic acids is 3. The van der Waals surface area contributed by atoms with Crippen LogP contribution in [0.4, 0.5) is 0 Å². The molecule has 0 aliphatic rings. The van der Waals surface area contributed by atoms with Gasteiger partial charge in [-0.25, -0.2) is 9.59 Å². The van der Waals surface area contributed by atoms with Crippen molar-refractivity contribution in [2.24, 2.45) is 0 Å². The fourth-order valence-electron chi connectivity index (χ4n) is 1.26. The molecule has 0 unspecified atom stereocenters. The highest BCUT2D eigenvalue weighted by Crippen LogP contribution is 2.18. The van der Waals surface area contributed by atoms with E-state index in [1.807, 2.05) is 0 Å². The molecule has 0 saturated heterocycles. The van der Waals surface area contributed by atoms with Gasteiger partial charge in [0.25, 0.3) is 0 Å². The molecule has 0 aliphatic carbocycles. The molecule has 1 aromatic rings. The van der Waals surface area contributed by atoms with Gasteiger partial charge in [0.05, 0.1) is 0 Å². The Balaban J connectivity index is 2.60. The van der Waals surface area contributed by atoms with E-state index in [0.717, 1.165) is 0 Å². The van der Waals surface area contributed by atoms with Crippen LogP contribution in [0.25, 0.3) is 0 Å². The summed E-state index contributed by atoms with van der Waals surface area (Å²) in [4.78, 5) is 33.1. The van der Waals surface area contributed by atoms with Crippen molar-refractivity contribution in [1.82, 2.24) is 0 Å². The lowest BCUT2D eigenvalue weighted by molar-refractivity contribution is -0.150. The Kier molecular flexibility index (Phi) is 5.00. The molecule has 0 fully saturated rings. The molecule has 0 spiro atoms. The van der Waals surface area contributed by atoms with Gasteiger partial charge in [-0.15, -0.1) is 0 Å². The molecule has 0 bridgehead atoms. The molecular weight excluding hydrogens is 248 g/mol. The Morgan fingerprint density at radius 3 is 2.58 bits per heavy atom. The SMILES string of the molecule is C=C(C)C(=O)OCC(=O)Oc1ccc(C=O)cc1C. The summed E-state index contributed by atoms with van der Waals surface area (Å²) in [5, 5.41) is 0. The summed E-state index contributed by atoms with van der Waals surface area (Å²) >= 11 is 0. The van der Waals surface area contributed by atoms with Gasteiger partial charge >= 0.3 is 11.9 Å². The summed E-state index contributed by atoms with van der Waals surface area (Å²) in [7, 11) is 0. The first-order chi connectivity index (χ1) is 8.93. The summed E-state index contributed by atoms with van der Waals surface area (Å²) in [5.74, 6) is -1.02. The number of esters is 2. The Morgan fingerprint density at radius 1 is 1.37 bits per heavy atom. The Bertz CT molecular complexity index is 531. The maximum Gasteiger partial charge on any atom is 0.349 e. The minimum absolute atomic E-state index is 0.208. The first-order valence-corrected chi connectivity index (χ1v) is 5.53. The molecule has 5 nitrogen and oxygen atoms in total. The van der Waals surface area contributed by atoms with Gasteiger partial charge in [-0.3, -0.25) is 4.79 Å². The zero-order valence-corrected chi connectivity index (χ0v) is 10.8. The number of carbonyl (C=O) groups is 3. The second-order valence-corrected chi connectivity index (χ2v) is 3.97. The Labute approximate surface area is 110 Å². The normalized spacial score (nSPS) is 9.58. The van der Waals surface area contributed by atoms with Crippen LogP contribution in [0.2, 0.25) is 0 Å². The number of aldehydes is 1. The van der Waals surface area contributed by atoms with E-state index in [1.165, 1.54) is 19.1 Å². The van der Waals surface area contributed by atoms with E-state index in [4.69, 9.17) is 4.74 Å². The standard InChI is InChI=1S/C14H14O5/c1-9(2)14(17)18-8-13(16)19-12-5-4-11(7-15)6-10(12)3/h4-7H,1,8H2,2-3H3. The molecule has 0 amide bonds. The van der Waals surface area contributed by atoms with Crippen LogP contribution in [0.1, 0.15) is 22.8 Å². The summed E-state index contributed by atoms with van der Waals surface area (Å²) in [6.45, 7) is 6.09. The van der Waals surface area contributed by atoms with Crippen molar-refractivity contribution >= 4 is 18.2 Å². The molecule has 0 N–H and O–H groups in total. The van der Waals surface area contributed by atoms with Crippen molar-refractivity contribution in [2.75, 3.05) is 6.61 Å². The first kappa shape index (κ1) is 14.6. The van der Waals surface area contributed by atoms with Crippen LogP contribution in [0, 0.1) is 6.92 Å². The molecule has 5 heteroatoms. The van der Waals surface area contributed by atoms with E-state index in [-0.39, 0.29) is 5.57 Å². The number of ether oxygens (including phenoxy) is 2. The highest BCUT2D eigenvalue weighted by atomic mass is 16.6. The molecule has 0 atom stereocenters. The van der Waals surface area contributed by atoms with Gasteiger partial charge in [0, 0.05) is 11.1 Å². The average Bonchev–Trinajstić information content (AvgIpc) is 2.38. The van der Waals surface area contributed by atoms with Crippen molar-refractivity contribution in [3.05, 3.63) is 41.5 Å². The number of aryl methyl sites for hydroxylation is 1. The number of rotatable bonds is 5. The lowest BCUT2D eigenvalue weighted by Gasteiger charge is -2.08. The summed E-state index contributed by atoms with van der Waals surface area (Å²) in [6, 6.07) is 4.63. The zero-order chi connectivity index (χ0) is 14.4. The second kappa shape index (κ2) is 6.49. The first-order valence-electron chi connectivity index (χ1n) is 5.53. The topological polar surface area (TPSA) is 69.7 Å². The van der Waals surface area contributed by atoms with Crippen LogP contribution in [-0.4, -0.2) is 24.8 Å². The zero-order valence-electron chi connectivity index (χ0n) is 10.8. The number of hydrogen-bond acceptors (Lipinski definition) is 5. The van der Waals surface area contributed by atoms with Crippen molar-refractivity contribution in [3.8, 4) is 5.75 Å². The Hall–Kier alpha value is -2.43. The molecular formula is C14H14O5. The van der Waals surface area contributed by atoms with Gasteiger partial charge in [0.1, 0.15) is 12.0 Å². The molecule has 19 heavy (non-hydrogen) atoms. The van der Waals surface area contributed by atoms with Crippen LogP contribution < -0.4 is 4.74 Å². The van der Waals surface area contributed by atoms with Gasteiger partial charge in [-0.2, -0.15) is 0 Å². The quantitative estimate of drug-likeness (QED) is 0.350. The van der Waals surface area contributed by atoms with E-state index < -0.39 is 18.5 Å². The monoisotopic (exact) mass is 262 g/mol. The third kappa shape index (κ3) is 4.39. The van der Waals surface area contributed by atoms with Crippen molar-refractivity contribution < 1.29 is 23.9 Å². The Morgan fingerprint density at radius 2 is 2.05 bits per heavy atom. The van der Waals surface area contributed by atoms with Crippen LogP contribution in [0.15, 0.2) is 30.4 Å². The second-order valence-electron chi connectivity index (χ2n) is 3.97. The minimum Gasteiger partial charge on any atom is -0.450 e. The van der Waals surface area contributed by atoms with Gasteiger partial charge in [0.2, 0.25) is 0 Å². The molecule has 1 rings (SSSR count). The summed E-state index contributed by atoms with van der Waals surface area (Å²) in [6.07, 6.45) is 0.702. The average molecular weight is 262 g/mol. The smallest absolute Gasteiger partial charge is 0.349 e. The molecule has 100 valence electrons. The largest absolute Gasteiger partial charge is 0.450 e. The van der Waals surface area contributed by atoms with Gasteiger partial charge in [-0.05, 0) is 37.6 Å². The predicted molar refractivity (Wildman–Crippen MR) is 68.0 cm³/mol. The predicted octanol–water partition coefficient (Wildman–Crippen LogP) is 1.83.